The number of nitrogens with one attached hydrogen (secondary N) is 1. The van der Waals surface area contributed by atoms with Crippen LogP contribution in [0.4, 0.5) is 0 Å². The Bertz CT molecular complexity index is 667. The largest absolute Gasteiger partial charge is 0.457 e. The number of nitrogens with zero attached hydrogens (tertiary/aromatic N) is 2. The summed E-state index contributed by atoms with van der Waals surface area (Å²) in [5, 5.41) is 7.09. The molecule has 2 rings (SSSR count). The molecule has 0 fully saturated rings. The quantitative estimate of drug-likeness (QED) is 0.653. The molecule has 0 aliphatic heterocycles. The Kier molecular flexibility index (Phi) is 5.27. The monoisotopic (exact) mass is 321 g/mol. The Hall–Kier alpha value is -2.21. The lowest BCUT2D eigenvalue weighted by Gasteiger charge is -2.10. The molecule has 2 aromatic rings. The minimum atomic E-state index is -0.539. The molecular formula is C15H16ClN3O3. The topological polar surface area (TPSA) is 84.9 Å². The fraction of sp³-hybridized carbons (Fsp3) is 0.333. The summed E-state index contributed by atoms with van der Waals surface area (Å²) in [6.07, 6.45) is 0.0769. The lowest BCUT2D eigenvalue weighted by atomic mass is 10.00. The Morgan fingerprint density at radius 3 is 2.59 bits per heavy atom. The molecule has 1 unspecified atom stereocenters. The van der Waals surface area contributed by atoms with Gasteiger partial charge in [0.15, 0.2) is 18.2 Å². The van der Waals surface area contributed by atoms with E-state index in [1.807, 2.05) is 0 Å². The molecule has 0 aliphatic carbocycles. The van der Waals surface area contributed by atoms with Crippen LogP contribution in [0, 0.1) is 12.8 Å². The summed E-state index contributed by atoms with van der Waals surface area (Å²) in [5.74, 6) is -0.0677. The Balaban J connectivity index is 1.85. The van der Waals surface area contributed by atoms with Crippen LogP contribution in [-0.2, 0) is 16.1 Å². The number of esters is 1. The van der Waals surface area contributed by atoms with Crippen LogP contribution < -0.4 is 0 Å². The van der Waals surface area contributed by atoms with E-state index in [1.165, 1.54) is 0 Å². The van der Waals surface area contributed by atoms with Crippen LogP contribution in [0.1, 0.15) is 35.4 Å². The van der Waals surface area contributed by atoms with Crippen molar-refractivity contribution >= 4 is 23.4 Å². The number of halogens is 1. The van der Waals surface area contributed by atoms with E-state index in [0.29, 0.717) is 22.2 Å². The molecule has 7 heteroatoms. The Morgan fingerprint density at radius 1 is 1.32 bits per heavy atom. The first-order valence-electron chi connectivity index (χ1n) is 6.79. The zero-order chi connectivity index (χ0) is 16.1. The third-order valence-corrected chi connectivity index (χ3v) is 3.30. The molecule has 1 heterocycles. The summed E-state index contributed by atoms with van der Waals surface area (Å²) in [7, 11) is 0. The summed E-state index contributed by atoms with van der Waals surface area (Å²) in [6, 6.07) is 6.56. The van der Waals surface area contributed by atoms with E-state index >= 15 is 0 Å². The number of H-pyrrole nitrogens is 1. The molecule has 22 heavy (non-hydrogen) atoms. The average molecular weight is 322 g/mol. The smallest absolute Gasteiger partial charge is 0.309 e. The molecule has 116 valence electrons. The maximum absolute atomic E-state index is 12.1. The van der Waals surface area contributed by atoms with Crippen LogP contribution in [0.5, 0.6) is 0 Å². The van der Waals surface area contributed by atoms with E-state index < -0.39 is 11.9 Å². The van der Waals surface area contributed by atoms with Gasteiger partial charge >= 0.3 is 5.97 Å². The number of ketones is 1. The lowest BCUT2D eigenvalue weighted by Crippen LogP contribution is -2.18. The van der Waals surface area contributed by atoms with Gasteiger partial charge < -0.3 is 4.74 Å². The number of rotatable bonds is 6. The van der Waals surface area contributed by atoms with Crippen LogP contribution in [0.3, 0.4) is 0 Å². The van der Waals surface area contributed by atoms with Crippen molar-refractivity contribution in [2.45, 2.75) is 26.9 Å². The number of ether oxygens (including phenoxy) is 1. The predicted molar refractivity (Wildman–Crippen MR) is 80.5 cm³/mol. The van der Waals surface area contributed by atoms with Crippen molar-refractivity contribution in [3.8, 4) is 0 Å². The van der Waals surface area contributed by atoms with E-state index in [4.69, 9.17) is 16.3 Å². The summed E-state index contributed by atoms with van der Waals surface area (Å²) < 4.78 is 5.10. The second kappa shape index (κ2) is 7.17. The number of aryl methyl sites for hydroxylation is 1. The predicted octanol–water partition coefficient (Wildman–Crippen LogP) is 2.72. The van der Waals surface area contributed by atoms with E-state index in [-0.39, 0.29) is 18.8 Å². The SMILES string of the molecule is Cc1nc(COC(=O)C(C)CC(=O)c2ccc(Cl)cc2)n[nH]1. The number of carbonyl (C=O) groups is 2. The Labute approximate surface area is 132 Å². The Morgan fingerprint density at radius 2 is 2.00 bits per heavy atom. The zero-order valence-corrected chi connectivity index (χ0v) is 13.1. The first kappa shape index (κ1) is 16.2. The average Bonchev–Trinajstić information content (AvgIpc) is 2.91. The number of aromatic amines is 1. The molecule has 1 aromatic carbocycles. The molecule has 0 bridgehead atoms. The molecule has 6 nitrogen and oxygen atoms in total. The van der Waals surface area contributed by atoms with Gasteiger partial charge in [-0.3, -0.25) is 14.7 Å². The van der Waals surface area contributed by atoms with E-state index in [2.05, 4.69) is 15.2 Å². The number of hydrogen-bond acceptors (Lipinski definition) is 5. The van der Waals surface area contributed by atoms with Gasteiger partial charge in [0.1, 0.15) is 5.82 Å². The summed E-state index contributed by atoms with van der Waals surface area (Å²) in [4.78, 5) is 28.0. The van der Waals surface area contributed by atoms with Gasteiger partial charge in [-0.05, 0) is 31.2 Å². The molecule has 0 saturated heterocycles. The molecular weight excluding hydrogens is 306 g/mol. The molecule has 0 aliphatic rings. The van der Waals surface area contributed by atoms with Crippen LogP contribution in [-0.4, -0.2) is 26.9 Å². The zero-order valence-electron chi connectivity index (χ0n) is 12.3. The standard InChI is InChI=1S/C15H16ClN3O3/c1-9(7-13(20)11-3-5-12(16)6-4-11)15(21)22-8-14-17-10(2)18-19-14/h3-6,9H,7-8H2,1-2H3,(H,17,18,19). The maximum atomic E-state index is 12.1. The molecule has 0 radical (unpaired) electrons. The van der Waals surface area contributed by atoms with Gasteiger partial charge in [0.05, 0.1) is 5.92 Å². The summed E-state index contributed by atoms with van der Waals surface area (Å²) in [5.41, 5.74) is 0.522. The second-order valence-electron chi connectivity index (χ2n) is 4.98. The van der Waals surface area contributed by atoms with E-state index in [1.54, 1.807) is 38.1 Å². The molecule has 1 atom stereocenters. The first-order valence-corrected chi connectivity index (χ1v) is 7.17. The van der Waals surface area contributed by atoms with Crippen molar-refractivity contribution in [1.82, 2.24) is 15.2 Å². The molecule has 0 amide bonds. The van der Waals surface area contributed by atoms with E-state index in [9.17, 15) is 9.59 Å². The highest BCUT2D eigenvalue weighted by molar-refractivity contribution is 6.30. The van der Waals surface area contributed by atoms with Gasteiger partial charge in [-0.25, -0.2) is 4.98 Å². The van der Waals surface area contributed by atoms with Crippen molar-refractivity contribution in [1.29, 1.82) is 0 Å². The molecule has 1 aromatic heterocycles. The minimum Gasteiger partial charge on any atom is -0.457 e. The number of carbonyl (C=O) groups excluding carboxylic acids is 2. The summed E-state index contributed by atoms with van der Waals surface area (Å²) in [6.45, 7) is 3.40. The fourth-order valence-corrected chi connectivity index (χ4v) is 1.97. The maximum Gasteiger partial charge on any atom is 0.309 e. The van der Waals surface area contributed by atoms with Crippen molar-refractivity contribution < 1.29 is 14.3 Å². The van der Waals surface area contributed by atoms with Crippen LogP contribution in [0.2, 0.25) is 5.02 Å². The summed E-state index contributed by atoms with van der Waals surface area (Å²) >= 11 is 5.77. The van der Waals surface area contributed by atoms with Crippen molar-refractivity contribution in [2.24, 2.45) is 5.92 Å². The van der Waals surface area contributed by atoms with Gasteiger partial charge in [-0.15, -0.1) is 0 Å². The normalized spacial score (nSPS) is 12.0. The number of Topliss-reactive ketones (excluding diaryl/α,β-unsaturated/α-hetero) is 1. The van der Waals surface area contributed by atoms with E-state index in [0.717, 1.165) is 0 Å². The number of benzene rings is 1. The third-order valence-electron chi connectivity index (χ3n) is 3.05. The van der Waals surface area contributed by atoms with Gasteiger partial charge in [0, 0.05) is 17.0 Å². The number of hydrogen-bond donors (Lipinski definition) is 1. The number of aromatic nitrogens is 3. The highest BCUT2D eigenvalue weighted by atomic mass is 35.5. The van der Waals surface area contributed by atoms with Crippen molar-refractivity contribution in [3.63, 3.8) is 0 Å². The van der Waals surface area contributed by atoms with Gasteiger partial charge in [0.25, 0.3) is 0 Å². The molecule has 0 spiro atoms. The van der Waals surface area contributed by atoms with Gasteiger partial charge in [-0.1, -0.05) is 18.5 Å². The van der Waals surface area contributed by atoms with Crippen LogP contribution >= 0.6 is 11.6 Å². The van der Waals surface area contributed by atoms with Crippen LogP contribution in [0.25, 0.3) is 0 Å². The fourth-order valence-electron chi connectivity index (χ4n) is 1.85. The van der Waals surface area contributed by atoms with Crippen LogP contribution in [0.15, 0.2) is 24.3 Å². The first-order chi connectivity index (χ1) is 10.5. The van der Waals surface area contributed by atoms with Crippen molar-refractivity contribution in [2.75, 3.05) is 0 Å². The third kappa shape index (κ3) is 4.39. The highest BCUT2D eigenvalue weighted by Gasteiger charge is 2.20. The molecule has 0 saturated carbocycles. The second-order valence-corrected chi connectivity index (χ2v) is 5.42. The van der Waals surface area contributed by atoms with Gasteiger partial charge in [0.2, 0.25) is 0 Å². The minimum absolute atomic E-state index is 0.0113. The molecule has 1 N–H and O–H groups in total. The lowest BCUT2D eigenvalue weighted by molar-refractivity contribution is -0.149. The highest BCUT2D eigenvalue weighted by Crippen LogP contribution is 2.15. The van der Waals surface area contributed by atoms with Gasteiger partial charge in [-0.2, -0.15) is 5.10 Å². The van der Waals surface area contributed by atoms with Crippen molar-refractivity contribution in [3.05, 3.63) is 46.5 Å².